The lowest BCUT2D eigenvalue weighted by molar-refractivity contribution is -0.210. The molecular formula is C14H18N2O6. The van der Waals surface area contributed by atoms with Gasteiger partial charge < -0.3 is 30.4 Å². The van der Waals surface area contributed by atoms with Crippen molar-refractivity contribution in [2.75, 3.05) is 14.2 Å². The third-order valence-electron chi connectivity index (χ3n) is 3.16. The monoisotopic (exact) mass is 310 g/mol. The van der Waals surface area contributed by atoms with Crippen molar-refractivity contribution in [1.29, 1.82) is 0 Å². The van der Waals surface area contributed by atoms with Crippen LogP contribution < -0.4 is 11.1 Å². The van der Waals surface area contributed by atoms with Gasteiger partial charge in [-0.3, -0.25) is 4.79 Å². The second kappa shape index (κ2) is 7.64. The van der Waals surface area contributed by atoms with Crippen LogP contribution in [0.3, 0.4) is 0 Å². The van der Waals surface area contributed by atoms with E-state index in [1.54, 1.807) is 0 Å². The second-order valence-corrected chi connectivity index (χ2v) is 4.41. The molecule has 0 aromatic heterocycles. The molecule has 8 heteroatoms. The van der Waals surface area contributed by atoms with Crippen LogP contribution in [0.15, 0.2) is 24.3 Å². The van der Waals surface area contributed by atoms with Gasteiger partial charge in [0.15, 0.2) is 0 Å². The molecule has 1 atom stereocenters. The van der Waals surface area contributed by atoms with E-state index in [-0.39, 0.29) is 12.0 Å². The first-order valence-electron chi connectivity index (χ1n) is 6.34. The number of nitrogens with one attached hydrogen (secondary N) is 1. The highest BCUT2D eigenvalue weighted by atomic mass is 16.7. The number of carbonyl (C=O) groups excluding carboxylic acids is 2. The van der Waals surface area contributed by atoms with Crippen LogP contribution in [0.1, 0.15) is 28.5 Å². The number of aromatic carboxylic acids is 1. The first-order chi connectivity index (χ1) is 10.4. The zero-order valence-corrected chi connectivity index (χ0v) is 12.2. The van der Waals surface area contributed by atoms with Crippen LogP contribution in [0.5, 0.6) is 0 Å². The summed E-state index contributed by atoms with van der Waals surface area (Å²) < 4.78 is 9.96. The highest BCUT2D eigenvalue weighted by Crippen LogP contribution is 2.17. The normalized spacial score (nSPS) is 12.5. The average molecular weight is 310 g/mol. The van der Waals surface area contributed by atoms with Gasteiger partial charge in [-0.15, -0.1) is 0 Å². The molecule has 0 aliphatic carbocycles. The zero-order chi connectivity index (χ0) is 16.8. The summed E-state index contributed by atoms with van der Waals surface area (Å²) in [5.74, 6) is -3.52. The first-order valence-corrected chi connectivity index (χ1v) is 6.34. The Hall–Kier alpha value is -2.29. The predicted molar refractivity (Wildman–Crippen MR) is 75.9 cm³/mol. The number of amides is 1. The molecule has 0 bridgehead atoms. The summed E-state index contributed by atoms with van der Waals surface area (Å²) in [7, 11) is 2.47. The van der Waals surface area contributed by atoms with E-state index in [4.69, 9.17) is 20.3 Å². The topological polar surface area (TPSA) is 128 Å². The van der Waals surface area contributed by atoms with Crippen LogP contribution in [0.2, 0.25) is 0 Å². The molecule has 0 aliphatic rings. The first kappa shape index (κ1) is 17.8. The van der Waals surface area contributed by atoms with Gasteiger partial charge in [-0.1, -0.05) is 12.1 Å². The Labute approximate surface area is 127 Å². The Bertz CT molecular complexity index is 539. The molecule has 120 valence electrons. The third kappa shape index (κ3) is 3.88. The molecular weight excluding hydrogens is 292 g/mol. The SMILES string of the molecule is COC(CC=O)(OC)C(=O)NC(N)c1ccc(C(=O)O)cc1. The van der Waals surface area contributed by atoms with Crippen molar-refractivity contribution in [3.8, 4) is 0 Å². The molecule has 0 fully saturated rings. The number of benzene rings is 1. The maximum atomic E-state index is 12.2. The van der Waals surface area contributed by atoms with Crippen molar-refractivity contribution in [2.45, 2.75) is 18.4 Å². The van der Waals surface area contributed by atoms with Crippen molar-refractivity contribution in [3.63, 3.8) is 0 Å². The Kier molecular flexibility index (Phi) is 6.17. The molecule has 0 spiro atoms. The fourth-order valence-corrected chi connectivity index (χ4v) is 1.81. The molecule has 0 heterocycles. The minimum absolute atomic E-state index is 0.103. The number of carboxylic acids is 1. The number of aldehydes is 1. The van der Waals surface area contributed by atoms with Gasteiger partial charge in [-0.25, -0.2) is 4.79 Å². The predicted octanol–water partition coefficient (Wildman–Crippen LogP) is 0.0364. The fourth-order valence-electron chi connectivity index (χ4n) is 1.81. The minimum Gasteiger partial charge on any atom is -0.478 e. The minimum atomic E-state index is -1.75. The highest BCUT2D eigenvalue weighted by molar-refractivity contribution is 5.88. The Balaban J connectivity index is 2.86. The molecule has 0 saturated carbocycles. The molecule has 1 amide bonds. The molecule has 1 unspecified atom stereocenters. The van der Waals surface area contributed by atoms with E-state index in [1.165, 1.54) is 38.5 Å². The molecule has 1 aromatic carbocycles. The van der Waals surface area contributed by atoms with Gasteiger partial charge in [-0.2, -0.15) is 0 Å². The second-order valence-electron chi connectivity index (χ2n) is 4.41. The largest absolute Gasteiger partial charge is 0.478 e. The summed E-state index contributed by atoms with van der Waals surface area (Å²) in [6.45, 7) is 0. The smallest absolute Gasteiger partial charge is 0.335 e. The van der Waals surface area contributed by atoms with Crippen molar-refractivity contribution < 1.29 is 29.0 Å². The van der Waals surface area contributed by atoms with E-state index in [0.29, 0.717) is 11.8 Å². The van der Waals surface area contributed by atoms with E-state index >= 15 is 0 Å². The Morgan fingerprint density at radius 2 is 1.86 bits per heavy atom. The maximum absolute atomic E-state index is 12.2. The molecule has 1 rings (SSSR count). The number of nitrogens with two attached hydrogens (primary N) is 1. The van der Waals surface area contributed by atoms with Gasteiger partial charge in [0.05, 0.1) is 12.0 Å². The fraction of sp³-hybridized carbons (Fsp3) is 0.357. The van der Waals surface area contributed by atoms with Gasteiger partial charge in [0.2, 0.25) is 0 Å². The van der Waals surface area contributed by atoms with Crippen LogP contribution in [0, 0.1) is 0 Å². The van der Waals surface area contributed by atoms with Crippen molar-refractivity contribution in [2.24, 2.45) is 5.73 Å². The van der Waals surface area contributed by atoms with E-state index in [1.807, 2.05) is 0 Å². The molecule has 1 aromatic rings. The number of rotatable bonds is 8. The summed E-state index contributed by atoms with van der Waals surface area (Å²) in [6, 6.07) is 5.70. The zero-order valence-electron chi connectivity index (χ0n) is 12.2. The standard InChI is InChI=1S/C14H18N2O6/c1-21-14(22-2,7-8-17)13(20)16-11(15)9-3-5-10(6-4-9)12(18)19/h3-6,8,11H,7,15H2,1-2H3,(H,16,20)(H,18,19). The van der Waals surface area contributed by atoms with Crippen molar-refractivity contribution in [3.05, 3.63) is 35.4 Å². The number of carboxylic acid groups (broad SMARTS) is 1. The van der Waals surface area contributed by atoms with Gasteiger partial charge in [-0.05, 0) is 17.7 Å². The van der Waals surface area contributed by atoms with Gasteiger partial charge in [0, 0.05) is 14.2 Å². The molecule has 4 N–H and O–H groups in total. The quantitative estimate of drug-likeness (QED) is 0.456. The third-order valence-corrected chi connectivity index (χ3v) is 3.16. The van der Waals surface area contributed by atoms with Crippen LogP contribution in [0.4, 0.5) is 0 Å². The summed E-state index contributed by atoms with van der Waals surface area (Å²) in [6.07, 6.45) is -0.706. The van der Waals surface area contributed by atoms with Crippen molar-refractivity contribution in [1.82, 2.24) is 5.32 Å². The molecule has 8 nitrogen and oxygen atoms in total. The summed E-state index contributed by atoms with van der Waals surface area (Å²) in [5.41, 5.74) is 6.44. The van der Waals surface area contributed by atoms with Gasteiger partial charge in [0.1, 0.15) is 12.5 Å². The number of hydrogen-bond donors (Lipinski definition) is 3. The average Bonchev–Trinajstić information content (AvgIpc) is 2.52. The summed E-state index contributed by atoms with van der Waals surface area (Å²) in [4.78, 5) is 33.6. The Morgan fingerprint density at radius 3 is 2.27 bits per heavy atom. The molecule has 0 saturated heterocycles. The number of ether oxygens (including phenoxy) is 2. The number of methoxy groups -OCH3 is 2. The summed E-state index contributed by atoms with van der Waals surface area (Å²) in [5, 5.41) is 11.3. The van der Waals surface area contributed by atoms with E-state index in [2.05, 4.69) is 5.32 Å². The lowest BCUT2D eigenvalue weighted by Gasteiger charge is -2.29. The van der Waals surface area contributed by atoms with Crippen molar-refractivity contribution >= 4 is 18.2 Å². The lowest BCUT2D eigenvalue weighted by atomic mass is 10.1. The van der Waals surface area contributed by atoms with Gasteiger partial charge >= 0.3 is 5.97 Å². The van der Waals surface area contributed by atoms with Crippen LogP contribution >= 0.6 is 0 Å². The molecule has 0 aliphatic heterocycles. The summed E-state index contributed by atoms with van der Waals surface area (Å²) >= 11 is 0. The molecule has 0 radical (unpaired) electrons. The molecule has 22 heavy (non-hydrogen) atoms. The lowest BCUT2D eigenvalue weighted by Crippen LogP contribution is -2.52. The number of carbonyl (C=O) groups is 3. The Morgan fingerprint density at radius 1 is 1.32 bits per heavy atom. The highest BCUT2D eigenvalue weighted by Gasteiger charge is 2.39. The van der Waals surface area contributed by atoms with E-state index in [9.17, 15) is 14.4 Å². The van der Waals surface area contributed by atoms with Crippen LogP contribution in [0.25, 0.3) is 0 Å². The number of hydrogen-bond acceptors (Lipinski definition) is 6. The van der Waals surface area contributed by atoms with E-state index < -0.39 is 23.8 Å². The van der Waals surface area contributed by atoms with Crippen LogP contribution in [-0.2, 0) is 19.1 Å². The van der Waals surface area contributed by atoms with E-state index in [0.717, 1.165) is 0 Å². The van der Waals surface area contributed by atoms with Gasteiger partial charge in [0.25, 0.3) is 11.7 Å². The van der Waals surface area contributed by atoms with Crippen LogP contribution in [-0.4, -0.2) is 43.3 Å². The maximum Gasteiger partial charge on any atom is 0.335 e.